The fourth-order valence-corrected chi connectivity index (χ4v) is 4.71. The molecule has 0 unspecified atom stereocenters. The van der Waals surface area contributed by atoms with Crippen molar-refractivity contribution in [3.8, 4) is 5.13 Å². The summed E-state index contributed by atoms with van der Waals surface area (Å²) in [6, 6.07) is 13.9. The van der Waals surface area contributed by atoms with E-state index in [1.54, 1.807) is 0 Å². The number of hydrogen-bond donors (Lipinski definition) is 1. The normalized spacial score (nSPS) is 11.0. The van der Waals surface area contributed by atoms with Gasteiger partial charge in [0.1, 0.15) is 0 Å². The van der Waals surface area contributed by atoms with Crippen LogP contribution in [0.2, 0.25) is 5.02 Å². The number of carbonyl (C=O) groups excluding carboxylic acids is 1. The number of thiazole rings is 1. The Kier molecular flexibility index (Phi) is 6.44. The zero-order chi connectivity index (χ0) is 22.8. The fraction of sp³-hybridized carbons (Fsp3) is 0.240. The van der Waals surface area contributed by atoms with Crippen LogP contribution in [0, 0.1) is 27.7 Å². The van der Waals surface area contributed by atoms with Crippen molar-refractivity contribution >= 4 is 34.5 Å². The lowest BCUT2D eigenvalue weighted by Crippen LogP contribution is -2.16. The zero-order valence-electron chi connectivity index (χ0n) is 18.6. The average Bonchev–Trinajstić information content (AvgIpc) is 3.32. The quantitative estimate of drug-likeness (QED) is 0.381. The first kappa shape index (κ1) is 22.2. The van der Waals surface area contributed by atoms with Crippen molar-refractivity contribution in [2.75, 3.05) is 5.32 Å². The molecule has 4 aromatic rings. The Morgan fingerprint density at radius 3 is 2.44 bits per heavy atom. The molecular weight excluding hydrogens is 440 g/mol. The third kappa shape index (κ3) is 4.76. The van der Waals surface area contributed by atoms with Gasteiger partial charge in [-0.05, 0) is 56.5 Å². The van der Waals surface area contributed by atoms with Gasteiger partial charge in [-0.25, -0.2) is 9.67 Å². The van der Waals surface area contributed by atoms with Crippen LogP contribution in [0.4, 0.5) is 5.69 Å². The lowest BCUT2D eigenvalue weighted by atomic mass is 10.0. The molecular formula is C25H25ClN4OS. The van der Waals surface area contributed by atoms with E-state index in [-0.39, 0.29) is 12.3 Å². The van der Waals surface area contributed by atoms with Gasteiger partial charge in [0.05, 0.1) is 17.8 Å². The average molecular weight is 465 g/mol. The fourth-order valence-electron chi connectivity index (χ4n) is 3.76. The summed E-state index contributed by atoms with van der Waals surface area (Å²) >= 11 is 7.50. The highest BCUT2D eigenvalue weighted by Gasteiger charge is 2.17. The van der Waals surface area contributed by atoms with Crippen molar-refractivity contribution in [1.29, 1.82) is 0 Å². The highest BCUT2D eigenvalue weighted by molar-refractivity contribution is 7.12. The molecule has 0 spiro atoms. The van der Waals surface area contributed by atoms with Gasteiger partial charge in [-0.2, -0.15) is 5.10 Å². The summed E-state index contributed by atoms with van der Waals surface area (Å²) in [4.78, 5) is 17.3. The first-order valence-corrected chi connectivity index (χ1v) is 11.7. The number of anilines is 1. The molecule has 0 radical (unpaired) electrons. The van der Waals surface area contributed by atoms with E-state index in [0.29, 0.717) is 0 Å². The summed E-state index contributed by atoms with van der Waals surface area (Å²) in [6.45, 7) is 8.06. The number of nitrogens with one attached hydrogen (secondary N) is 1. The van der Waals surface area contributed by atoms with E-state index in [2.05, 4.69) is 17.2 Å². The van der Waals surface area contributed by atoms with Gasteiger partial charge in [0.15, 0.2) is 0 Å². The maximum absolute atomic E-state index is 12.6. The Labute approximate surface area is 197 Å². The number of rotatable bonds is 6. The van der Waals surface area contributed by atoms with E-state index in [0.717, 1.165) is 50.5 Å². The third-order valence-electron chi connectivity index (χ3n) is 5.54. The molecule has 32 heavy (non-hydrogen) atoms. The lowest BCUT2D eigenvalue weighted by Gasteiger charge is -2.10. The van der Waals surface area contributed by atoms with Crippen LogP contribution in [0.25, 0.3) is 5.13 Å². The number of nitrogens with zero attached hydrogens (tertiary/aromatic N) is 3. The van der Waals surface area contributed by atoms with Crippen LogP contribution in [-0.2, 0) is 17.6 Å². The molecule has 0 fully saturated rings. The molecule has 4 rings (SSSR count). The van der Waals surface area contributed by atoms with E-state index >= 15 is 0 Å². The molecule has 164 valence electrons. The molecule has 0 saturated heterocycles. The van der Waals surface area contributed by atoms with Crippen LogP contribution in [0.3, 0.4) is 0 Å². The van der Waals surface area contributed by atoms with Crippen molar-refractivity contribution in [3.05, 3.63) is 92.2 Å². The Bertz CT molecular complexity index is 1250. The number of benzene rings is 2. The molecule has 1 amide bonds. The van der Waals surface area contributed by atoms with E-state index < -0.39 is 0 Å². The molecule has 0 aliphatic heterocycles. The third-order valence-corrected chi connectivity index (χ3v) is 6.66. The molecule has 7 heteroatoms. The second-order valence-electron chi connectivity index (χ2n) is 7.98. The SMILES string of the molecule is Cc1cccc(C)c1NC(=O)Cc1csc(-n2nc(C)c(Cc3ccc(Cl)cc3)c2C)n1. The molecule has 2 aromatic heterocycles. The van der Waals surface area contributed by atoms with Gasteiger partial charge in [-0.1, -0.05) is 41.9 Å². The lowest BCUT2D eigenvalue weighted by molar-refractivity contribution is -0.115. The first-order valence-electron chi connectivity index (χ1n) is 10.4. The molecule has 0 aliphatic carbocycles. The number of amides is 1. The van der Waals surface area contributed by atoms with Crippen molar-refractivity contribution in [2.24, 2.45) is 0 Å². The van der Waals surface area contributed by atoms with Gasteiger partial charge in [-0.15, -0.1) is 11.3 Å². The molecule has 2 aromatic carbocycles. The summed E-state index contributed by atoms with van der Waals surface area (Å²) in [5.74, 6) is -0.0731. The maximum atomic E-state index is 12.6. The van der Waals surface area contributed by atoms with E-state index in [4.69, 9.17) is 16.7 Å². The minimum Gasteiger partial charge on any atom is -0.325 e. The van der Waals surface area contributed by atoms with Crippen LogP contribution >= 0.6 is 22.9 Å². The molecule has 2 heterocycles. The van der Waals surface area contributed by atoms with E-state index in [1.165, 1.54) is 22.5 Å². The second kappa shape index (κ2) is 9.27. The largest absolute Gasteiger partial charge is 0.325 e. The number of aryl methyl sites for hydroxylation is 3. The van der Waals surface area contributed by atoms with Gasteiger partial charge in [0.25, 0.3) is 0 Å². The smallest absolute Gasteiger partial charge is 0.230 e. The van der Waals surface area contributed by atoms with Crippen molar-refractivity contribution in [1.82, 2.24) is 14.8 Å². The second-order valence-corrected chi connectivity index (χ2v) is 9.25. The van der Waals surface area contributed by atoms with Gasteiger partial charge in [0.2, 0.25) is 11.0 Å². The monoisotopic (exact) mass is 464 g/mol. The summed E-state index contributed by atoms with van der Waals surface area (Å²) < 4.78 is 1.87. The highest BCUT2D eigenvalue weighted by atomic mass is 35.5. The zero-order valence-corrected chi connectivity index (χ0v) is 20.1. The number of para-hydroxylation sites is 1. The predicted molar refractivity (Wildman–Crippen MR) is 131 cm³/mol. The number of halogens is 1. The summed E-state index contributed by atoms with van der Waals surface area (Å²) in [5, 5.41) is 11.2. The number of aromatic nitrogens is 3. The Morgan fingerprint density at radius 1 is 1.06 bits per heavy atom. The predicted octanol–water partition coefficient (Wildman–Crippen LogP) is 5.99. The van der Waals surface area contributed by atoms with Crippen molar-refractivity contribution in [2.45, 2.75) is 40.5 Å². The van der Waals surface area contributed by atoms with Crippen molar-refractivity contribution < 1.29 is 4.79 Å². The van der Waals surface area contributed by atoms with Crippen LogP contribution in [0.5, 0.6) is 0 Å². The van der Waals surface area contributed by atoms with Gasteiger partial charge < -0.3 is 5.32 Å². The minimum absolute atomic E-state index is 0.0731. The van der Waals surface area contributed by atoms with Gasteiger partial charge in [0, 0.05) is 33.8 Å². The first-order chi connectivity index (χ1) is 15.3. The Hall–Kier alpha value is -2.96. The van der Waals surface area contributed by atoms with Crippen molar-refractivity contribution in [3.63, 3.8) is 0 Å². The standard InChI is InChI=1S/C25H25ClN4OS/c1-15-6-5-7-16(2)24(15)28-23(31)13-21-14-32-25(27-21)30-18(4)22(17(3)29-30)12-19-8-10-20(26)11-9-19/h5-11,14H,12-13H2,1-4H3,(H,28,31). The van der Waals surface area contributed by atoms with E-state index in [1.807, 2.05) is 73.3 Å². The topological polar surface area (TPSA) is 59.8 Å². The number of carbonyl (C=O) groups is 1. The Morgan fingerprint density at radius 2 is 1.75 bits per heavy atom. The summed E-state index contributed by atoms with van der Waals surface area (Å²) in [6.07, 6.45) is 1.01. The van der Waals surface area contributed by atoms with Crippen LogP contribution in [0.1, 0.15) is 39.3 Å². The molecule has 1 N–H and O–H groups in total. The number of hydrogen-bond acceptors (Lipinski definition) is 4. The Balaban J connectivity index is 1.50. The molecule has 0 aliphatic rings. The molecule has 5 nitrogen and oxygen atoms in total. The van der Waals surface area contributed by atoms with Gasteiger partial charge >= 0.3 is 0 Å². The summed E-state index contributed by atoms with van der Waals surface area (Å²) in [5.41, 5.74) is 8.10. The van der Waals surface area contributed by atoms with Crippen LogP contribution in [-0.4, -0.2) is 20.7 Å². The van der Waals surface area contributed by atoms with E-state index in [9.17, 15) is 4.79 Å². The maximum Gasteiger partial charge on any atom is 0.230 e. The summed E-state index contributed by atoms with van der Waals surface area (Å²) in [7, 11) is 0. The molecule has 0 saturated carbocycles. The van der Waals surface area contributed by atoms with Gasteiger partial charge in [-0.3, -0.25) is 4.79 Å². The molecule has 0 bridgehead atoms. The molecule has 0 atom stereocenters. The van der Waals surface area contributed by atoms with Crippen LogP contribution < -0.4 is 5.32 Å². The van der Waals surface area contributed by atoms with Crippen LogP contribution in [0.15, 0.2) is 47.8 Å². The minimum atomic E-state index is -0.0731. The highest BCUT2D eigenvalue weighted by Crippen LogP contribution is 2.24.